The van der Waals surface area contributed by atoms with Crippen LogP contribution in [0.3, 0.4) is 0 Å². The summed E-state index contributed by atoms with van der Waals surface area (Å²) < 4.78 is 19.4. The van der Waals surface area contributed by atoms with Gasteiger partial charge in [-0.1, -0.05) is 72.8 Å². The molecule has 0 bridgehead atoms. The van der Waals surface area contributed by atoms with Gasteiger partial charge in [0.25, 0.3) is 0 Å². The average molecular weight is 506 g/mol. The SMILES string of the molecule is Cl.Cl.Fc1ccc(CCCN2CCN(CCOC(c3ccccc3)c3ccccc3)CC2)cc1. The largest absolute Gasteiger partial charge is 0.367 e. The maximum absolute atomic E-state index is 13.0. The van der Waals surface area contributed by atoms with Gasteiger partial charge < -0.3 is 9.64 Å². The van der Waals surface area contributed by atoms with E-state index in [2.05, 4.69) is 58.3 Å². The molecular formula is C28H35Cl2FN2O. The number of aryl methyl sites for hydroxylation is 1. The van der Waals surface area contributed by atoms with E-state index in [-0.39, 0.29) is 36.7 Å². The Morgan fingerprint density at radius 1 is 0.676 bits per heavy atom. The van der Waals surface area contributed by atoms with Crippen molar-refractivity contribution in [1.29, 1.82) is 0 Å². The van der Waals surface area contributed by atoms with Gasteiger partial charge in [-0.25, -0.2) is 4.39 Å². The second kappa shape index (κ2) is 15.1. The first-order chi connectivity index (χ1) is 15.8. The van der Waals surface area contributed by atoms with E-state index in [1.807, 2.05) is 24.3 Å². The van der Waals surface area contributed by atoms with Gasteiger partial charge in [-0.2, -0.15) is 0 Å². The van der Waals surface area contributed by atoms with Crippen LogP contribution in [0.5, 0.6) is 0 Å². The van der Waals surface area contributed by atoms with Crippen molar-refractivity contribution < 1.29 is 9.13 Å². The lowest BCUT2D eigenvalue weighted by molar-refractivity contribution is 0.0451. The molecule has 4 rings (SSSR count). The molecule has 1 heterocycles. The van der Waals surface area contributed by atoms with Crippen LogP contribution in [0.4, 0.5) is 4.39 Å². The number of nitrogens with zero attached hydrogens (tertiary/aromatic N) is 2. The van der Waals surface area contributed by atoms with Gasteiger partial charge in [-0.15, -0.1) is 24.8 Å². The van der Waals surface area contributed by atoms with E-state index in [1.165, 1.54) is 16.7 Å². The highest BCUT2D eigenvalue weighted by atomic mass is 35.5. The minimum atomic E-state index is -0.160. The van der Waals surface area contributed by atoms with E-state index in [0.29, 0.717) is 0 Å². The summed E-state index contributed by atoms with van der Waals surface area (Å²) >= 11 is 0. The zero-order valence-electron chi connectivity index (χ0n) is 19.5. The van der Waals surface area contributed by atoms with Crippen LogP contribution in [-0.4, -0.2) is 55.7 Å². The molecule has 3 aromatic rings. The molecule has 3 nitrogen and oxygen atoms in total. The smallest absolute Gasteiger partial charge is 0.123 e. The summed E-state index contributed by atoms with van der Waals surface area (Å²) in [5.41, 5.74) is 3.61. The lowest BCUT2D eigenvalue weighted by Gasteiger charge is -2.35. The molecule has 184 valence electrons. The van der Waals surface area contributed by atoms with Gasteiger partial charge in [0.15, 0.2) is 0 Å². The Hall–Kier alpha value is -1.95. The van der Waals surface area contributed by atoms with Gasteiger partial charge >= 0.3 is 0 Å². The first-order valence-electron chi connectivity index (χ1n) is 11.7. The second-order valence-electron chi connectivity index (χ2n) is 8.49. The van der Waals surface area contributed by atoms with Crippen LogP contribution in [0, 0.1) is 5.82 Å². The minimum Gasteiger partial charge on any atom is -0.367 e. The van der Waals surface area contributed by atoms with Crippen molar-refractivity contribution in [3.05, 3.63) is 107 Å². The molecule has 1 saturated heterocycles. The third-order valence-electron chi connectivity index (χ3n) is 6.21. The molecule has 0 amide bonds. The molecule has 1 aliphatic rings. The highest BCUT2D eigenvalue weighted by molar-refractivity contribution is 5.85. The third-order valence-corrected chi connectivity index (χ3v) is 6.21. The summed E-state index contributed by atoms with van der Waals surface area (Å²) in [6.45, 7) is 7.15. The highest BCUT2D eigenvalue weighted by Gasteiger charge is 2.18. The zero-order chi connectivity index (χ0) is 22.0. The molecular weight excluding hydrogens is 470 g/mol. The maximum atomic E-state index is 13.0. The number of hydrogen-bond acceptors (Lipinski definition) is 3. The Balaban J connectivity index is 0.00000204. The Kier molecular flexibility index (Phi) is 12.6. The highest BCUT2D eigenvalue weighted by Crippen LogP contribution is 2.25. The summed E-state index contributed by atoms with van der Waals surface area (Å²) in [4.78, 5) is 5.04. The van der Waals surface area contributed by atoms with Crippen LogP contribution >= 0.6 is 24.8 Å². The quantitative estimate of drug-likeness (QED) is 0.335. The van der Waals surface area contributed by atoms with Crippen molar-refractivity contribution in [2.45, 2.75) is 18.9 Å². The topological polar surface area (TPSA) is 15.7 Å². The van der Waals surface area contributed by atoms with Crippen molar-refractivity contribution in [1.82, 2.24) is 9.80 Å². The van der Waals surface area contributed by atoms with Crippen LogP contribution in [0.25, 0.3) is 0 Å². The maximum Gasteiger partial charge on any atom is 0.123 e. The Labute approximate surface area is 215 Å². The fraction of sp³-hybridized carbons (Fsp3) is 0.357. The van der Waals surface area contributed by atoms with Crippen molar-refractivity contribution in [2.75, 3.05) is 45.9 Å². The van der Waals surface area contributed by atoms with E-state index < -0.39 is 0 Å². The van der Waals surface area contributed by atoms with E-state index in [9.17, 15) is 4.39 Å². The zero-order valence-corrected chi connectivity index (χ0v) is 21.2. The summed E-state index contributed by atoms with van der Waals surface area (Å²) in [7, 11) is 0. The van der Waals surface area contributed by atoms with Crippen molar-refractivity contribution in [3.8, 4) is 0 Å². The Morgan fingerprint density at radius 2 is 1.18 bits per heavy atom. The summed E-state index contributed by atoms with van der Waals surface area (Å²) in [6, 6.07) is 27.8. The third kappa shape index (κ3) is 8.68. The number of halogens is 3. The fourth-order valence-electron chi connectivity index (χ4n) is 4.33. The standard InChI is InChI=1S/C28H33FN2O.2ClH/c29-27-15-13-24(14-16-27)8-7-17-30-18-20-31(21-19-30)22-23-32-28(25-9-3-1-4-10-25)26-11-5-2-6-12-26;;/h1-6,9-16,28H,7-8,17-23H2;2*1H. The summed E-state index contributed by atoms with van der Waals surface area (Å²) in [6.07, 6.45) is 2.10. The van der Waals surface area contributed by atoms with E-state index in [4.69, 9.17) is 4.74 Å². The molecule has 6 heteroatoms. The molecule has 0 aliphatic carbocycles. The van der Waals surface area contributed by atoms with Crippen molar-refractivity contribution >= 4 is 24.8 Å². The van der Waals surface area contributed by atoms with E-state index in [0.717, 1.165) is 58.7 Å². The molecule has 0 aromatic heterocycles. The Morgan fingerprint density at radius 3 is 1.71 bits per heavy atom. The molecule has 0 saturated carbocycles. The summed E-state index contributed by atoms with van der Waals surface area (Å²) in [5, 5.41) is 0. The molecule has 0 N–H and O–H groups in total. The van der Waals surface area contributed by atoms with Gasteiger partial charge in [0.05, 0.1) is 6.61 Å². The molecule has 0 spiro atoms. The van der Waals surface area contributed by atoms with Gasteiger partial charge in [-0.05, 0) is 48.2 Å². The molecule has 34 heavy (non-hydrogen) atoms. The average Bonchev–Trinajstić information content (AvgIpc) is 2.85. The van der Waals surface area contributed by atoms with Gasteiger partial charge in [0.2, 0.25) is 0 Å². The predicted octanol–water partition coefficient (Wildman–Crippen LogP) is 6.03. The van der Waals surface area contributed by atoms with Crippen molar-refractivity contribution in [3.63, 3.8) is 0 Å². The molecule has 1 fully saturated rings. The summed E-state index contributed by atoms with van der Waals surface area (Å²) in [5.74, 6) is -0.160. The van der Waals surface area contributed by atoms with Gasteiger partial charge in [-0.3, -0.25) is 4.90 Å². The molecule has 1 aliphatic heterocycles. The number of benzene rings is 3. The monoisotopic (exact) mass is 504 g/mol. The first-order valence-corrected chi connectivity index (χ1v) is 11.7. The lowest BCUT2D eigenvalue weighted by Crippen LogP contribution is -2.47. The molecule has 0 radical (unpaired) electrons. The normalized spacial score (nSPS) is 14.4. The number of ether oxygens (including phenoxy) is 1. The van der Waals surface area contributed by atoms with Crippen LogP contribution in [0.1, 0.15) is 29.2 Å². The van der Waals surface area contributed by atoms with E-state index in [1.54, 1.807) is 12.1 Å². The first kappa shape index (κ1) is 28.3. The fourth-order valence-corrected chi connectivity index (χ4v) is 4.33. The van der Waals surface area contributed by atoms with E-state index >= 15 is 0 Å². The van der Waals surface area contributed by atoms with Crippen molar-refractivity contribution in [2.24, 2.45) is 0 Å². The van der Waals surface area contributed by atoms with Gasteiger partial charge in [0, 0.05) is 32.7 Å². The predicted molar refractivity (Wildman–Crippen MR) is 143 cm³/mol. The molecule has 0 unspecified atom stereocenters. The molecule has 0 atom stereocenters. The second-order valence-corrected chi connectivity index (χ2v) is 8.49. The van der Waals surface area contributed by atoms with Crippen LogP contribution in [-0.2, 0) is 11.2 Å². The molecule has 3 aromatic carbocycles. The number of hydrogen-bond donors (Lipinski definition) is 0. The number of rotatable bonds is 10. The Bertz CT molecular complexity index is 881. The van der Waals surface area contributed by atoms with Crippen LogP contribution in [0.15, 0.2) is 84.9 Å². The van der Waals surface area contributed by atoms with Crippen LogP contribution < -0.4 is 0 Å². The lowest BCUT2D eigenvalue weighted by atomic mass is 10.0. The van der Waals surface area contributed by atoms with Crippen LogP contribution in [0.2, 0.25) is 0 Å². The van der Waals surface area contributed by atoms with Gasteiger partial charge in [0.1, 0.15) is 11.9 Å². The minimum absolute atomic E-state index is 0. The number of piperazine rings is 1.